The molecule has 0 aromatic heterocycles. The summed E-state index contributed by atoms with van der Waals surface area (Å²) in [5.74, 6) is 0.418. The van der Waals surface area contributed by atoms with E-state index in [1.807, 2.05) is 32.0 Å². The molecule has 1 aromatic rings. The number of fused-ring (bicyclic) bond motifs is 1. The van der Waals surface area contributed by atoms with Gasteiger partial charge in [-0.2, -0.15) is 0 Å². The minimum atomic E-state index is -0.829. The molecule has 0 radical (unpaired) electrons. The monoisotopic (exact) mass is 362 g/mol. The van der Waals surface area contributed by atoms with Crippen LogP contribution in [-0.4, -0.2) is 47.9 Å². The standard InChI is InChI=1S/C19H26N2O5/c1-12-7-15(18(22)23)10-21(9-12)19(24)20-13(2)3-4-14-5-6-16-17(8-14)26-11-25-16/h5-6,8,12-13,15H,3-4,7,9-11H2,1-2H3,(H,20,24)(H,22,23). The molecule has 0 aliphatic carbocycles. The second kappa shape index (κ2) is 7.85. The average Bonchev–Trinajstić information content (AvgIpc) is 3.07. The van der Waals surface area contributed by atoms with Gasteiger partial charge in [0.05, 0.1) is 5.92 Å². The molecule has 1 fully saturated rings. The van der Waals surface area contributed by atoms with E-state index in [1.165, 1.54) is 0 Å². The zero-order valence-corrected chi connectivity index (χ0v) is 15.2. The third kappa shape index (κ3) is 4.39. The van der Waals surface area contributed by atoms with Gasteiger partial charge in [-0.25, -0.2) is 4.79 Å². The molecule has 142 valence electrons. The number of carbonyl (C=O) groups is 2. The van der Waals surface area contributed by atoms with E-state index in [0.29, 0.717) is 13.0 Å². The molecule has 2 N–H and O–H groups in total. The van der Waals surface area contributed by atoms with Crippen molar-refractivity contribution in [2.45, 2.75) is 39.2 Å². The number of hydrogen-bond acceptors (Lipinski definition) is 4. The summed E-state index contributed by atoms with van der Waals surface area (Å²) in [4.78, 5) is 25.4. The number of urea groups is 1. The van der Waals surface area contributed by atoms with Gasteiger partial charge in [-0.1, -0.05) is 13.0 Å². The molecule has 7 heteroatoms. The van der Waals surface area contributed by atoms with Crippen LogP contribution in [0.15, 0.2) is 18.2 Å². The Kier molecular flexibility index (Phi) is 5.54. The topological polar surface area (TPSA) is 88.1 Å². The second-order valence-electron chi connectivity index (χ2n) is 7.36. The largest absolute Gasteiger partial charge is 0.481 e. The lowest BCUT2D eigenvalue weighted by Gasteiger charge is -2.35. The number of likely N-dealkylation sites (tertiary alicyclic amines) is 1. The highest BCUT2D eigenvalue weighted by Gasteiger charge is 2.32. The van der Waals surface area contributed by atoms with Gasteiger partial charge in [-0.05, 0) is 49.8 Å². The van der Waals surface area contributed by atoms with Crippen molar-refractivity contribution in [2.75, 3.05) is 19.9 Å². The van der Waals surface area contributed by atoms with Crippen molar-refractivity contribution in [3.63, 3.8) is 0 Å². The summed E-state index contributed by atoms with van der Waals surface area (Å²) in [5, 5.41) is 12.2. The summed E-state index contributed by atoms with van der Waals surface area (Å²) in [5.41, 5.74) is 1.13. The van der Waals surface area contributed by atoms with Crippen molar-refractivity contribution in [1.29, 1.82) is 0 Å². The quantitative estimate of drug-likeness (QED) is 0.840. The van der Waals surface area contributed by atoms with Crippen LogP contribution in [0.5, 0.6) is 11.5 Å². The number of benzene rings is 1. The third-order valence-electron chi connectivity index (χ3n) is 4.97. The molecule has 1 aromatic carbocycles. The number of carboxylic acids is 1. The Morgan fingerprint density at radius 3 is 2.85 bits per heavy atom. The van der Waals surface area contributed by atoms with Crippen LogP contribution >= 0.6 is 0 Å². The normalized spacial score (nSPS) is 22.8. The lowest BCUT2D eigenvalue weighted by atomic mass is 9.91. The molecule has 0 spiro atoms. The predicted octanol–water partition coefficient (Wildman–Crippen LogP) is 2.49. The molecular weight excluding hydrogens is 336 g/mol. The number of nitrogens with zero attached hydrogens (tertiary/aromatic N) is 1. The van der Waals surface area contributed by atoms with Crippen molar-refractivity contribution in [1.82, 2.24) is 10.2 Å². The number of aliphatic carboxylic acids is 1. The maximum atomic E-state index is 12.5. The maximum Gasteiger partial charge on any atom is 0.317 e. The first-order valence-electron chi connectivity index (χ1n) is 9.09. The van der Waals surface area contributed by atoms with Gasteiger partial charge in [-0.3, -0.25) is 4.79 Å². The molecule has 2 amide bonds. The molecule has 2 aliphatic heterocycles. The molecule has 3 rings (SSSR count). The number of ether oxygens (including phenoxy) is 2. The molecule has 3 atom stereocenters. The van der Waals surface area contributed by atoms with Gasteiger partial charge in [0.15, 0.2) is 11.5 Å². The van der Waals surface area contributed by atoms with Crippen LogP contribution in [0.2, 0.25) is 0 Å². The number of nitrogens with one attached hydrogen (secondary N) is 1. The van der Waals surface area contributed by atoms with Crippen LogP contribution in [0.4, 0.5) is 4.79 Å². The van der Waals surface area contributed by atoms with Crippen LogP contribution in [-0.2, 0) is 11.2 Å². The minimum Gasteiger partial charge on any atom is -0.481 e. The summed E-state index contributed by atoms with van der Waals surface area (Å²) in [7, 11) is 0. The molecule has 0 saturated carbocycles. The maximum absolute atomic E-state index is 12.5. The number of hydrogen-bond donors (Lipinski definition) is 2. The number of aryl methyl sites for hydroxylation is 1. The second-order valence-corrected chi connectivity index (χ2v) is 7.36. The fourth-order valence-corrected chi connectivity index (χ4v) is 3.55. The Labute approximate surface area is 153 Å². The molecule has 3 unspecified atom stereocenters. The first kappa shape index (κ1) is 18.4. The van der Waals surface area contributed by atoms with E-state index in [-0.39, 0.29) is 31.3 Å². The summed E-state index contributed by atoms with van der Waals surface area (Å²) >= 11 is 0. The van der Waals surface area contributed by atoms with Gasteiger partial charge in [-0.15, -0.1) is 0 Å². The van der Waals surface area contributed by atoms with Crippen LogP contribution in [0.3, 0.4) is 0 Å². The van der Waals surface area contributed by atoms with Gasteiger partial charge < -0.3 is 24.8 Å². The highest BCUT2D eigenvalue weighted by Crippen LogP contribution is 2.32. The number of amides is 2. The van der Waals surface area contributed by atoms with Gasteiger partial charge in [0.1, 0.15) is 0 Å². The minimum absolute atomic E-state index is 0.00608. The van der Waals surface area contributed by atoms with Crippen molar-refractivity contribution in [2.24, 2.45) is 11.8 Å². The SMILES string of the molecule is CC1CC(C(=O)O)CN(C(=O)NC(C)CCc2ccc3c(c2)OCO3)C1. The summed E-state index contributed by atoms with van der Waals surface area (Å²) in [6, 6.07) is 5.70. The van der Waals surface area contributed by atoms with Gasteiger partial charge in [0.2, 0.25) is 6.79 Å². The van der Waals surface area contributed by atoms with E-state index in [4.69, 9.17) is 9.47 Å². The summed E-state index contributed by atoms with van der Waals surface area (Å²) in [6.07, 6.45) is 2.22. The van der Waals surface area contributed by atoms with E-state index in [2.05, 4.69) is 5.32 Å². The summed E-state index contributed by atoms with van der Waals surface area (Å²) in [6.45, 7) is 5.09. The average molecular weight is 362 g/mol. The highest BCUT2D eigenvalue weighted by molar-refractivity contribution is 5.76. The molecule has 7 nitrogen and oxygen atoms in total. The van der Waals surface area contributed by atoms with Crippen molar-refractivity contribution >= 4 is 12.0 Å². The molecule has 1 saturated heterocycles. The zero-order valence-electron chi connectivity index (χ0n) is 15.2. The van der Waals surface area contributed by atoms with Crippen LogP contribution in [0.1, 0.15) is 32.3 Å². The Bertz CT molecular complexity index is 678. The molecule has 2 aliphatic rings. The molecular formula is C19H26N2O5. The first-order chi connectivity index (χ1) is 12.4. The van der Waals surface area contributed by atoms with Gasteiger partial charge >= 0.3 is 12.0 Å². The summed E-state index contributed by atoms with van der Waals surface area (Å²) < 4.78 is 10.7. The third-order valence-corrected chi connectivity index (χ3v) is 4.97. The van der Waals surface area contributed by atoms with E-state index in [1.54, 1.807) is 4.90 Å². The van der Waals surface area contributed by atoms with E-state index in [0.717, 1.165) is 29.9 Å². The van der Waals surface area contributed by atoms with Crippen LogP contribution in [0.25, 0.3) is 0 Å². The molecule has 2 heterocycles. The number of carboxylic acid groups (broad SMARTS) is 1. The molecule has 26 heavy (non-hydrogen) atoms. The van der Waals surface area contributed by atoms with Crippen molar-refractivity contribution < 1.29 is 24.2 Å². The van der Waals surface area contributed by atoms with Crippen LogP contribution in [0, 0.1) is 11.8 Å². The fourth-order valence-electron chi connectivity index (χ4n) is 3.55. The highest BCUT2D eigenvalue weighted by atomic mass is 16.7. The molecule has 0 bridgehead atoms. The Hall–Kier alpha value is -2.44. The number of carbonyl (C=O) groups excluding carboxylic acids is 1. The van der Waals surface area contributed by atoms with Gasteiger partial charge in [0.25, 0.3) is 0 Å². The Balaban J connectivity index is 1.48. The Morgan fingerprint density at radius 2 is 2.08 bits per heavy atom. The Morgan fingerprint density at radius 1 is 1.31 bits per heavy atom. The van der Waals surface area contributed by atoms with Crippen molar-refractivity contribution in [3.05, 3.63) is 23.8 Å². The number of rotatable bonds is 5. The van der Waals surface area contributed by atoms with Crippen LogP contribution < -0.4 is 14.8 Å². The smallest absolute Gasteiger partial charge is 0.317 e. The number of piperidine rings is 1. The lowest BCUT2D eigenvalue weighted by molar-refractivity contribution is -0.143. The first-order valence-corrected chi connectivity index (χ1v) is 9.09. The van der Waals surface area contributed by atoms with E-state index >= 15 is 0 Å². The van der Waals surface area contributed by atoms with Gasteiger partial charge in [0, 0.05) is 19.1 Å². The van der Waals surface area contributed by atoms with Crippen molar-refractivity contribution in [3.8, 4) is 11.5 Å². The fraction of sp³-hybridized carbons (Fsp3) is 0.579. The zero-order chi connectivity index (χ0) is 18.7. The predicted molar refractivity (Wildman–Crippen MR) is 95.4 cm³/mol. The van der Waals surface area contributed by atoms with E-state index < -0.39 is 11.9 Å². The lowest BCUT2D eigenvalue weighted by Crippen LogP contribution is -2.51. The van der Waals surface area contributed by atoms with E-state index in [9.17, 15) is 14.7 Å².